The molecule has 0 aliphatic carbocycles. The van der Waals surface area contributed by atoms with Gasteiger partial charge in [0, 0.05) is 37.0 Å². The van der Waals surface area contributed by atoms with Crippen molar-refractivity contribution in [1.82, 2.24) is 20.5 Å². The predicted molar refractivity (Wildman–Crippen MR) is 124 cm³/mol. The molecule has 2 N–H and O–H groups in total. The lowest BCUT2D eigenvalue weighted by Crippen LogP contribution is -2.50. The van der Waals surface area contributed by atoms with Crippen LogP contribution >= 0.6 is 35.3 Å². The largest absolute Gasteiger partial charge is 0.354 e. The van der Waals surface area contributed by atoms with Gasteiger partial charge in [0.25, 0.3) is 0 Å². The molecule has 1 aliphatic rings. The number of nitrogens with one attached hydrogen (secondary N) is 2. The fourth-order valence-corrected chi connectivity index (χ4v) is 4.18. The first-order valence-corrected chi connectivity index (χ1v) is 10.5. The number of carbonyl (C=O) groups excluding carboxylic acids is 1. The third kappa shape index (κ3) is 6.89. The van der Waals surface area contributed by atoms with Crippen molar-refractivity contribution in [3.8, 4) is 0 Å². The standard InChI is InChI=1S/C19H33N5OS.HI/c1-6-15(7-2)18(25)24-10-8-16(9-11-24)23-19(20-5)21-12-17-22-13(3)14(4)26-17;/h15-16H,6-12H2,1-5H3,(H2,20,21,23);1H. The predicted octanol–water partition coefficient (Wildman–Crippen LogP) is 3.47. The van der Waals surface area contributed by atoms with Gasteiger partial charge in [-0.3, -0.25) is 9.79 Å². The molecule has 6 nitrogen and oxygen atoms in total. The molecule has 0 radical (unpaired) electrons. The van der Waals surface area contributed by atoms with E-state index in [1.165, 1.54) is 4.88 Å². The second-order valence-electron chi connectivity index (χ2n) is 6.93. The highest BCUT2D eigenvalue weighted by atomic mass is 127. The number of guanidine groups is 1. The third-order valence-corrected chi connectivity index (χ3v) is 6.26. The number of likely N-dealkylation sites (tertiary alicyclic amines) is 1. The summed E-state index contributed by atoms with van der Waals surface area (Å²) in [5.41, 5.74) is 1.10. The van der Waals surface area contributed by atoms with E-state index in [4.69, 9.17) is 0 Å². The lowest BCUT2D eigenvalue weighted by atomic mass is 9.98. The highest BCUT2D eigenvalue weighted by Crippen LogP contribution is 2.18. The van der Waals surface area contributed by atoms with Crippen molar-refractivity contribution >= 4 is 47.2 Å². The number of amides is 1. The average Bonchev–Trinajstić information content (AvgIpc) is 2.97. The molecule has 0 aromatic carbocycles. The molecule has 8 heteroatoms. The van der Waals surface area contributed by atoms with Crippen LogP contribution in [0, 0.1) is 19.8 Å². The molecule has 154 valence electrons. The minimum Gasteiger partial charge on any atom is -0.354 e. The van der Waals surface area contributed by atoms with Crippen LogP contribution in [0.2, 0.25) is 0 Å². The van der Waals surface area contributed by atoms with Crippen LogP contribution in [-0.4, -0.2) is 47.9 Å². The van der Waals surface area contributed by atoms with Crippen molar-refractivity contribution in [2.24, 2.45) is 10.9 Å². The molecular weight excluding hydrogens is 473 g/mol. The summed E-state index contributed by atoms with van der Waals surface area (Å²) in [6, 6.07) is 0.353. The van der Waals surface area contributed by atoms with Crippen LogP contribution in [0.25, 0.3) is 0 Å². The number of piperidine rings is 1. The van der Waals surface area contributed by atoms with E-state index in [0.29, 0.717) is 18.5 Å². The maximum Gasteiger partial charge on any atom is 0.225 e. The van der Waals surface area contributed by atoms with Crippen LogP contribution < -0.4 is 10.6 Å². The van der Waals surface area contributed by atoms with E-state index in [-0.39, 0.29) is 29.9 Å². The van der Waals surface area contributed by atoms with Crippen molar-refractivity contribution in [3.05, 3.63) is 15.6 Å². The Bertz CT molecular complexity index is 602. The second kappa shape index (κ2) is 11.8. The number of aryl methyl sites for hydroxylation is 2. The summed E-state index contributed by atoms with van der Waals surface area (Å²) in [6.45, 7) is 10.7. The summed E-state index contributed by atoms with van der Waals surface area (Å²) >= 11 is 1.72. The molecule has 1 saturated heterocycles. The van der Waals surface area contributed by atoms with Crippen molar-refractivity contribution in [2.75, 3.05) is 20.1 Å². The molecule has 0 saturated carbocycles. The van der Waals surface area contributed by atoms with E-state index in [9.17, 15) is 4.79 Å². The Kier molecular flexibility index (Phi) is 10.6. The van der Waals surface area contributed by atoms with Crippen molar-refractivity contribution in [3.63, 3.8) is 0 Å². The van der Waals surface area contributed by atoms with Gasteiger partial charge < -0.3 is 15.5 Å². The molecular formula is C19H34IN5OS. The van der Waals surface area contributed by atoms with Gasteiger partial charge in [0.2, 0.25) is 5.91 Å². The van der Waals surface area contributed by atoms with Crippen LogP contribution in [-0.2, 0) is 11.3 Å². The molecule has 27 heavy (non-hydrogen) atoms. The number of carbonyl (C=O) groups is 1. The third-order valence-electron chi connectivity index (χ3n) is 5.19. The maximum atomic E-state index is 12.5. The SMILES string of the molecule is CCC(CC)C(=O)N1CCC(NC(=NC)NCc2nc(C)c(C)s2)CC1.I. The number of nitrogens with zero attached hydrogens (tertiary/aromatic N) is 3. The van der Waals surface area contributed by atoms with Crippen molar-refractivity contribution in [2.45, 2.75) is 66.0 Å². The summed E-state index contributed by atoms with van der Waals surface area (Å²) in [7, 11) is 1.79. The zero-order chi connectivity index (χ0) is 19.1. The van der Waals surface area contributed by atoms with Crippen LogP contribution in [0.5, 0.6) is 0 Å². The Morgan fingerprint density at radius 2 is 1.93 bits per heavy atom. The second-order valence-corrected chi connectivity index (χ2v) is 8.22. The summed E-state index contributed by atoms with van der Waals surface area (Å²) < 4.78 is 0. The van der Waals surface area contributed by atoms with Crippen molar-refractivity contribution < 1.29 is 4.79 Å². The number of thiazole rings is 1. The minimum atomic E-state index is 0. The number of aromatic nitrogens is 1. The Morgan fingerprint density at radius 1 is 1.30 bits per heavy atom. The molecule has 1 fully saturated rings. The Morgan fingerprint density at radius 3 is 2.41 bits per heavy atom. The van der Waals surface area contributed by atoms with Gasteiger partial charge >= 0.3 is 0 Å². The maximum absolute atomic E-state index is 12.5. The normalized spacial score (nSPS) is 15.6. The number of rotatable bonds is 6. The van der Waals surface area contributed by atoms with Gasteiger partial charge in [0.15, 0.2) is 5.96 Å². The number of hydrogen-bond donors (Lipinski definition) is 2. The molecule has 1 aliphatic heterocycles. The fourth-order valence-electron chi connectivity index (χ4n) is 3.30. The topological polar surface area (TPSA) is 69.6 Å². The lowest BCUT2D eigenvalue weighted by Gasteiger charge is -2.34. The highest BCUT2D eigenvalue weighted by molar-refractivity contribution is 14.0. The minimum absolute atomic E-state index is 0. The molecule has 1 aromatic rings. The first-order chi connectivity index (χ1) is 12.5. The van der Waals surface area contributed by atoms with Gasteiger partial charge in [0.1, 0.15) is 5.01 Å². The molecule has 0 atom stereocenters. The van der Waals surface area contributed by atoms with Crippen LogP contribution in [0.4, 0.5) is 0 Å². The summed E-state index contributed by atoms with van der Waals surface area (Å²) in [5, 5.41) is 7.92. The molecule has 1 amide bonds. The first-order valence-electron chi connectivity index (χ1n) is 9.67. The van der Waals surface area contributed by atoms with E-state index in [2.05, 4.69) is 41.4 Å². The van der Waals surface area contributed by atoms with Crippen LogP contribution in [0.15, 0.2) is 4.99 Å². The van der Waals surface area contributed by atoms with E-state index < -0.39 is 0 Å². The van der Waals surface area contributed by atoms with Gasteiger partial charge in [0.05, 0.1) is 12.2 Å². The Labute approximate surface area is 184 Å². The number of halogens is 1. The van der Waals surface area contributed by atoms with Gasteiger partial charge in [-0.15, -0.1) is 35.3 Å². The molecule has 2 heterocycles. The van der Waals surface area contributed by atoms with E-state index in [1.54, 1.807) is 18.4 Å². The van der Waals surface area contributed by atoms with Gasteiger partial charge in [-0.2, -0.15) is 0 Å². The van der Waals surface area contributed by atoms with Crippen LogP contribution in [0.1, 0.15) is 55.1 Å². The van der Waals surface area contributed by atoms with E-state index >= 15 is 0 Å². The smallest absolute Gasteiger partial charge is 0.225 e. The number of hydrogen-bond acceptors (Lipinski definition) is 4. The Hall–Kier alpha value is -0.900. The quantitative estimate of drug-likeness (QED) is 0.352. The molecule has 0 unspecified atom stereocenters. The summed E-state index contributed by atoms with van der Waals surface area (Å²) in [4.78, 5) is 24.7. The molecule has 2 rings (SSSR count). The lowest BCUT2D eigenvalue weighted by molar-refractivity contribution is -0.136. The Balaban J connectivity index is 0.00000364. The monoisotopic (exact) mass is 507 g/mol. The summed E-state index contributed by atoms with van der Waals surface area (Å²) in [5.74, 6) is 1.31. The van der Waals surface area contributed by atoms with Crippen molar-refractivity contribution in [1.29, 1.82) is 0 Å². The number of aliphatic imine (C=N–C) groups is 1. The molecule has 0 bridgehead atoms. The zero-order valence-corrected chi connectivity index (χ0v) is 20.3. The van der Waals surface area contributed by atoms with E-state index in [1.807, 2.05) is 11.8 Å². The van der Waals surface area contributed by atoms with Gasteiger partial charge in [-0.25, -0.2) is 4.98 Å². The molecule has 1 aromatic heterocycles. The van der Waals surface area contributed by atoms with Gasteiger partial charge in [-0.1, -0.05) is 13.8 Å². The zero-order valence-electron chi connectivity index (χ0n) is 17.2. The van der Waals surface area contributed by atoms with Gasteiger partial charge in [-0.05, 0) is 39.5 Å². The molecule has 0 spiro atoms. The first kappa shape index (κ1) is 24.1. The average molecular weight is 507 g/mol. The highest BCUT2D eigenvalue weighted by Gasteiger charge is 2.26. The summed E-state index contributed by atoms with van der Waals surface area (Å²) in [6.07, 6.45) is 3.78. The van der Waals surface area contributed by atoms with Crippen LogP contribution in [0.3, 0.4) is 0 Å². The van der Waals surface area contributed by atoms with E-state index in [0.717, 1.165) is 55.4 Å². The fraction of sp³-hybridized carbons (Fsp3) is 0.737.